The SMILES string of the molecule is CN1CCC(CN(C)c2cc(Br)ccc2C(=O)O)C1. The standard InChI is InChI=1S/C14H19BrN2O2/c1-16-6-5-10(8-16)9-17(2)13-7-11(15)3-4-12(13)14(18)19/h3-4,7,10H,5-6,8-9H2,1-2H3,(H,18,19). The fourth-order valence-electron chi connectivity index (χ4n) is 2.66. The van der Waals surface area contributed by atoms with E-state index in [2.05, 4.69) is 32.8 Å². The number of aromatic carboxylic acids is 1. The van der Waals surface area contributed by atoms with Gasteiger partial charge < -0.3 is 14.9 Å². The summed E-state index contributed by atoms with van der Waals surface area (Å²) >= 11 is 3.41. The molecule has 0 saturated carbocycles. The molecule has 1 aromatic rings. The lowest BCUT2D eigenvalue weighted by atomic mass is 10.1. The first kappa shape index (κ1) is 14.3. The maximum absolute atomic E-state index is 11.3. The van der Waals surface area contributed by atoms with Crippen LogP contribution in [0.2, 0.25) is 0 Å². The molecule has 1 heterocycles. The average Bonchev–Trinajstić information content (AvgIpc) is 2.74. The Morgan fingerprint density at radius 3 is 2.89 bits per heavy atom. The number of hydrogen-bond donors (Lipinski definition) is 1. The molecule has 104 valence electrons. The molecule has 1 saturated heterocycles. The van der Waals surface area contributed by atoms with Crippen LogP contribution in [0.1, 0.15) is 16.8 Å². The zero-order valence-corrected chi connectivity index (χ0v) is 12.9. The van der Waals surface area contributed by atoms with Gasteiger partial charge in [-0.2, -0.15) is 0 Å². The van der Waals surface area contributed by atoms with Crippen molar-refractivity contribution >= 4 is 27.6 Å². The smallest absolute Gasteiger partial charge is 0.337 e. The van der Waals surface area contributed by atoms with Crippen LogP contribution in [0.15, 0.2) is 22.7 Å². The molecule has 0 radical (unpaired) electrons. The zero-order chi connectivity index (χ0) is 14.0. The second-order valence-electron chi connectivity index (χ2n) is 5.26. The molecule has 1 aromatic carbocycles. The van der Waals surface area contributed by atoms with Gasteiger partial charge in [0.25, 0.3) is 0 Å². The van der Waals surface area contributed by atoms with Crippen molar-refractivity contribution < 1.29 is 9.90 Å². The molecule has 2 rings (SSSR count). The molecule has 0 amide bonds. The highest BCUT2D eigenvalue weighted by atomic mass is 79.9. The Morgan fingerprint density at radius 2 is 2.32 bits per heavy atom. The van der Waals surface area contributed by atoms with Gasteiger partial charge in [0.2, 0.25) is 0 Å². The number of carbonyl (C=O) groups is 1. The zero-order valence-electron chi connectivity index (χ0n) is 11.3. The van der Waals surface area contributed by atoms with Crippen molar-refractivity contribution in [1.29, 1.82) is 0 Å². The highest BCUT2D eigenvalue weighted by Gasteiger charge is 2.22. The Kier molecular flexibility index (Phi) is 4.47. The molecule has 19 heavy (non-hydrogen) atoms. The summed E-state index contributed by atoms with van der Waals surface area (Å²) < 4.78 is 0.905. The van der Waals surface area contributed by atoms with Crippen LogP contribution in [0.25, 0.3) is 0 Å². The van der Waals surface area contributed by atoms with E-state index in [1.165, 1.54) is 6.42 Å². The third-order valence-corrected chi connectivity index (χ3v) is 4.12. The molecule has 0 aliphatic carbocycles. The summed E-state index contributed by atoms with van der Waals surface area (Å²) in [7, 11) is 4.09. The van der Waals surface area contributed by atoms with Crippen molar-refractivity contribution in [2.24, 2.45) is 5.92 Å². The molecule has 0 spiro atoms. The van der Waals surface area contributed by atoms with Crippen molar-refractivity contribution in [3.63, 3.8) is 0 Å². The molecule has 5 heteroatoms. The number of likely N-dealkylation sites (tertiary alicyclic amines) is 1. The Labute approximate surface area is 122 Å². The topological polar surface area (TPSA) is 43.8 Å². The van der Waals surface area contributed by atoms with E-state index in [4.69, 9.17) is 0 Å². The van der Waals surface area contributed by atoms with E-state index in [-0.39, 0.29) is 0 Å². The van der Waals surface area contributed by atoms with Crippen molar-refractivity contribution in [3.05, 3.63) is 28.2 Å². The van der Waals surface area contributed by atoms with Crippen LogP contribution in [-0.2, 0) is 0 Å². The number of rotatable bonds is 4. The van der Waals surface area contributed by atoms with E-state index in [0.29, 0.717) is 11.5 Å². The van der Waals surface area contributed by atoms with Crippen molar-refractivity contribution in [1.82, 2.24) is 4.90 Å². The highest BCUT2D eigenvalue weighted by Crippen LogP contribution is 2.26. The van der Waals surface area contributed by atoms with Gasteiger partial charge in [0.1, 0.15) is 0 Å². The fourth-order valence-corrected chi connectivity index (χ4v) is 3.01. The third-order valence-electron chi connectivity index (χ3n) is 3.62. The fraction of sp³-hybridized carbons (Fsp3) is 0.500. The summed E-state index contributed by atoms with van der Waals surface area (Å²) in [5.74, 6) is -0.270. The molecule has 0 bridgehead atoms. The first-order chi connectivity index (χ1) is 8.97. The van der Waals surface area contributed by atoms with Crippen LogP contribution in [0, 0.1) is 5.92 Å². The summed E-state index contributed by atoms with van der Waals surface area (Å²) in [6.07, 6.45) is 1.18. The van der Waals surface area contributed by atoms with E-state index in [1.54, 1.807) is 12.1 Å². The van der Waals surface area contributed by atoms with Gasteiger partial charge in [0.15, 0.2) is 0 Å². The maximum Gasteiger partial charge on any atom is 0.337 e. The van der Waals surface area contributed by atoms with E-state index in [0.717, 1.165) is 29.8 Å². The number of hydrogen-bond acceptors (Lipinski definition) is 3. The largest absolute Gasteiger partial charge is 0.478 e. The number of nitrogens with zero attached hydrogens (tertiary/aromatic N) is 2. The van der Waals surface area contributed by atoms with Gasteiger partial charge in [-0.05, 0) is 44.1 Å². The molecule has 1 N–H and O–H groups in total. The Balaban J connectivity index is 2.15. The molecule has 0 aromatic heterocycles. The molecule has 1 atom stereocenters. The van der Waals surface area contributed by atoms with Crippen molar-refractivity contribution in [2.75, 3.05) is 38.6 Å². The summed E-state index contributed by atoms with van der Waals surface area (Å²) in [5.41, 5.74) is 1.13. The minimum Gasteiger partial charge on any atom is -0.478 e. The maximum atomic E-state index is 11.3. The molecule has 1 unspecified atom stereocenters. The number of anilines is 1. The summed E-state index contributed by atoms with van der Waals surface area (Å²) in [5, 5.41) is 9.26. The Bertz CT molecular complexity index is 479. The monoisotopic (exact) mass is 326 g/mol. The van der Waals surface area contributed by atoms with Crippen molar-refractivity contribution in [2.45, 2.75) is 6.42 Å². The molecule has 1 fully saturated rings. The van der Waals surface area contributed by atoms with E-state index < -0.39 is 5.97 Å². The van der Waals surface area contributed by atoms with E-state index in [1.807, 2.05) is 13.1 Å². The second-order valence-corrected chi connectivity index (χ2v) is 6.18. The van der Waals surface area contributed by atoms with Gasteiger partial charge in [-0.25, -0.2) is 4.79 Å². The predicted molar refractivity (Wildman–Crippen MR) is 80.0 cm³/mol. The highest BCUT2D eigenvalue weighted by molar-refractivity contribution is 9.10. The molecular weight excluding hydrogens is 308 g/mol. The molecule has 4 nitrogen and oxygen atoms in total. The molecular formula is C14H19BrN2O2. The summed E-state index contributed by atoms with van der Waals surface area (Å²) in [4.78, 5) is 15.6. The van der Waals surface area contributed by atoms with Crippen LogP contribution in [0.3, 0.4) is 0 Å². The van der Waals surface area contributed by atoms with Gasteiger partial charge in [-0.15, -0.1) is 0 Å². The lowest BCUT2D eigenvalue weighted by Crippen LogP contribution is -2.28. The van der Waals surface area contributed by atoms with Crippen molar-refractivity contribution in [3.8, 4) is 0 Å². The lowest BCUT2D eigenvalue weighted by molar-refractivity contribution is 0.0697. The molecule has 1 aliphatic heterocycles. The van der Waals surface area contributed by atoms with Crippen LogP contribution < -0.4 is 4.90 Å². The lowest BCUT2D eigenvalue weighted by Gasteiger charge is -2.24. The number of carboxylic acid groups (broad SMARTS) is 1. The minimum absolute atomic E-state index is 0.358. The van der Waals surface area contributed by atoms with Crippen LogP contribution in [0.5, 0.6) is 0 Å². The second kappa shape index (κ2) is 5.92. The van der Waals surface area contributed by atoms with Crippen LogP contribution in [0.4, 0.5) is 5.69 Å². The third kappa shape index (κ3) is 3.48. The van der Waals surface area contributed by atoms with Gasteiger partial charge in [-0.3, -0.25) is 0 Å². The van der Waals surface area contributed by atoms with Crippen LogP contribution >= 0.6 is 15.9 Å². The van der Waals surface area contributed by atoms with E-state index in [9.17, 15) is 9.90 Å². The van der Waals surface area contributed by atoms with Gasteiger partial charge in [-0.1, -0.05) is 15.9 Å². The first-order valence-electron chi connectivity index (χ1n) is 6.40. The predicted octanol–water partition coefficient (Wildman–Crippen LogP) is 2.54. The van der Waals surface area contributed by atoms with Gasteiger partial charge in [0.05, 0.1) is 11.3 Å². The van der Waals surface area contributed by atoms with E-state index >= 15 is 0 Å². The number of carboxylic acids is 1. The minimum atomic E-state index is -0.877. The summed E-state index contributed by atoms with van der Waals surface area (Å²) in [6.45, 7) is 3.10. The number of halogens is 1. The first-order valence-corrected chi connectivity index (χ1v) is 7.19. The van der Waals surface area contributed by atoms with Gasteiger partial charge in [0, 0.05) is 24.6 Å². The Hall–Kier alpha value is -1.07. The quantitative estimate of drug-likeness (QED) is 0.923. The normalized spacial score (nSPS) is 19.6. The average molecular weight is 327 g/mol. The van der Waals surface area contributed by atoms with Gasteiger partial charge >= 0.3 is 5.97 Å². The van der Waals surface area contributed by atoms with Crippen LogP contribution in [-0.4, -0.2) is 49.7 Å². The Morgan fingerprint density at radius 1 is 1.58 bits per heavy atom. The summed E-state index contributed by atoms with van der Waals surface area (Å²) in [6, 6.07) is 5.30. The molecule has 1 aliphatic rings. The number of benzene rings is 1.